The minimum absolute atomic E-state index is 0.0655. The molecular weight excluding hydrogens is 182 g/mol. The van der Waals surface area contributed by atoms with Crippen molar-refractivity contribution in [2.75, 3.05) is 13.2 Å². The summed E-state index contributed by atoms with van der Waals surface area (Å²) in [7, 11) is 0. The van der Waals surface area contributed by atoms with Gasteiger partial charge >= 0.3 is 0 Å². The van der Waals surface area contributed by atoms with Crippen LogP contribution in [0.2, 0.25) is 0 Å². The van der Waals surface area contributed by atoms with Crippen molar-refractivity contribution in [3.63, 3.8) is 0 Å². The van der Waals surface area contributed by atoms with Crippen LogP contribution in [0, 0.1) is 0 Å². The minimum Gasteiger partial charge on any atom is -0.369 e. The molecule has 3 fully saturated rings. The highest BCUT2D eigenvalue weighted by Crippen LogP contribution is 2.44. The van der Waals surface area contributed by atoms with Gasteiger partial charge in [-0.15, -0.1) is 0 Å². The van der Waals surface area contributed by atoms with Crippen molar-refractivity contribution in [2.45, 2.75) is 49.8 Å². The Morgan fingerprint density at radius 3 is 3.00 bits per heavy atom. The zero-order valence-corrected chi connectivity index (χ0v) is 8.28. The molecule has 4 unspecified atom stereocenters. The van der Waals surface area contributed by atoms with E-state index in [4.69, 9.17) is 19.9 Å². The average Bonchev–Trinajstić information content (AvgIpc) is 2.77. The monoisotopic (exact) mass is 199 g/mol. The van der Waals surface area contributed by atoms with E-state index < -0.39 is 5.79 Å². The molecule has 0 saturated carbocycles. The third-order valence-corrected chi connectivity index (χ3v) is 3.56. The van der Waals surface area contributed by atoms with Gasteiger partial charge in [0.25, 0.3) is 0 Å². The van der Waals surface area contributed by atoms with E-state index in [0.717, 1.165) is 25.7 Å². The highest BCUT2D eigenvalue weighted by molar-refractivity contribution is 4.96. The van der Waals surface area contributed by atoms with Crippen LogP contribution in [0.5, 0.6) is 0 Å². The summed E-state index contributed by atoms with van der Waals surface area (Å²) in [4.78, 5) is 0. The number of fused-ring (bicyclic) bond motifs is 3. The number of hydrogen-bond donors (Lipinski definition) is 1. The first-order valence-electron chi connectivity index (χ1n) is 5.50. The Morgan fingerprint density at radius 1 is 1.29 bits per heavy atom. The van der Waals surface area contributed by atoms with Crippen molar-refractivity contribution < 1.29 is 14.2 Å². The van der Waals surface area contributed by atoms with Crippen LogP contribution < -0.4 is 5.73 Å². The Bertz CT molecular complexity index is 235. The summed E-state index contributed by atoms with van der Waals surface area (Å²) in [6.07, 6.45) is 4.93. The zero-order valence-electron chi connectivity index (χ0n) is 8.28. The first-order valence-corrected chi connectivity index (χ1v) is 5.50. The fourth-order valence-electron chi connectivity index (χ4n) is 2.77. The van der Waals surface area contributed by atoms with Crippen LogP contribution in [0.4, 0.5) is 0 Å². The normalized spacial score (nSPS) is 51.6. The van der Waals surface area contributed by atoms with E-state index in [1.165, 1.54) is 0 Å². The fraction of sp³-hybridized carbons (Fsp3) is 1.00. The summed E-state index contributed by atoms with van der Waals surface area (Å²) in [5, 5.41) is 0. The van der Waals surface area contributed by atoms with Crippen molar-refractivity contribution in [1.82, 2.24) is 0 Å². The molecule has 4 atom stereocenters. The Balaban J connectivity index is 1.77. The Hall–Kier alpha value is -0.160. The quantitative estimate of drug-likeness (QED) is 0.664. The van der Waals surface area contributed by atoms with Crippen LogP contribution in [0.15, 0.2) is 0 Å². The molecule has 0 aromatic rings. The third-order valence-electron chi connectivity index (χ3n) is 3.56. The molecule has 0 aromatic carbocycles. The Labute approximate surface area is 83.7 Å². The van der Waals surface area contributed by atoms with Gasteiger partial charge in [0.15, 0.2) is 5.79 Å². The molecule has 2 N–H and O–H groups in total. The molecule has 3 aliphatic rings. The lowest BCUT2D eigenvalue weighted by molar-refractivity contribution is -0.261. The standard InChI is InChI=1S/C10H17NO3/c11-5-8-6-12-10(14-8)4-3-7-1-2-9(10)13-7/h7-9H,1-6,11H2. The van der Waals surface area contributed by atoms with Crippen molar-refractivity contribution in [3.05, 3.63) is 0 Å². The lowest BCUT2D eigenvalue weighted by Crippen LogP contribution is -2.47. The van der Waals surface area contributed by atoms with Crippen LogP contribution in [0.25, 0.3) is 0 Å². The second-order valence-electron chi connectivity index (χ2n) is 4.46. The fourth-order valence-corrected chi connectivity index (χ4v) is 2.77. The lowest BCUT2D eigenvalue weighted by Gasteiger charge is -2.37. The van der Waals surface area contributed by atoms with Crippen LogP contribution >= 0.6 is 0 Å². The predicted molar refractivity (Wildman–Crippen MR) is 49.7 cm³/mol. The molecule has 4 heteroatoms. The molecule has 80 valence electrons. The van der Waals surface area contributed by atoms with E-state index in [-0.39, 0.29) is 12.2 Å². The summed E-state index contributed by atoms with van der Waals surface area (Å²) in [6, 6.07) is 0. The number of hydrogen-bond acceptors (Lipinski definition) is 4. The maximum absolute atomic E-state index is 5.90. The van der Waals surface area contributed by atoms with E-state index in [9.17, 15) is 0 Å². The number of nitrogens with two attached hydrogens (primary N) is 1. The van der Waals surface area contributed by atoms with Crippen LogP contribution in [0.3, 0.4) is 0 Å². The van der Waals surface area contributed by atoms with E-state index in [0.29, 0.717) is 19.3 Å². The van der Waals surface area contributed by atoms with Crippen LogP contribution in [-0.4, -0.2) is 37.3 Å². The van der Waals surface area contributed by atoms with Gasteiger partial charge in [0.2, 0.25) is 0 Å². The van der Waals surface area contributed by atoms with Crippen LogP contribution in [0.1, 0.15) is 25.7 Å². The second kappa shape index (κ2) is 3.17. The summed E-state index contributed by atoms with van der Waals surface area (Å²) >= 11 is 0. The van der Waals surface area contributed by atoms with Crippen molar-refractivity contribution in [2.24, 2.45) is 5.73 Å². The van der Waals surface area contributed by atoms with Gasteiger partial charge < -0.3 is 19.9 Å². The molecule has 3 saturated heterocycles. The molecule has 14 heavy (non-hydrogen) atoms. The third kappa shape index (κ3) is 1.21. The van der Waals surface area contributed by atoms with Crippen molar-refractivity contribution in [1.29, 1.82) is 0 Å². The minimum atomic E-state index is -0.447. The Kier molecular flexibility index (Phi) is 2.06. The SMILES string of the molecule is NCC1COC2(CCC3CCC2O3)O1. The first kappa shape index (κ1) is 9.09. The summed E-state index contributed by atoms with van der Waals surface area (Å²) in [6.45, 7) is 1.17. The highest BCUT2D eigenvalue weighted by atomic mass is 16.8. The lowest BCUT2D eigenvalue weighted by atomic mass is 10.0. The predicted octanol–water partition coefficient (Wildman–Crippen LogP) is 0.398. The average molecular weight is 199 g/mol. The zero-order chi connectivity index (χ0) is 9.60. The van der Waals surface area contributed by atoms with Crippen molar-refractivity contribution in [3.8, 4) is 0 Å². The summed E-state index contributed by atoms with van der Waals surface area (Å²) in [5.74, 6) is -0.447. The van der Waals surface area contributed by atoms with Crippen molar-refractivity contribution >= 4 is 0 Å². The summed E-state index contributed by atoms with van der Waals surface area (Å²) in [5.41, 5.74) is 5.58. The topological polar surface area (TPSA) is 53.7 Å². The summed E-state index contributed by atoms with van der Waals surface area (Å²) < 4.78 is 17.5. The number of rotatable bonds is 1. The molecule has 3 heterocycles. The Morgan fingerprint density at radius 2 is 2.21 bits per heavy atom. The molecule has 0 aliphatic carbocycles. The maximum atomic E-state index is 5.90. The molecular formula is C10H17NO3. The van der Waals surface area contributed by atoms with E-state index in [1.807, 2.05) is 0 Å². The van der Waals surface area contributed by atoms with Gasteiger partial charge in [-0.05, 0) is 19.3 Å². The molecule has 3 rings (SSSR count). The number of ether oxygens (including phenoxy) is 3. The van der Waals surface area contributed by atoms with Gasteiger partial charge in [-0.3, -0.25) is 0 Å². The molecule has 0 radical (unpaired) electrons. The molecule has 0 amide bonds. The van der Waals surface area contributed by atoms with Crippen LogP contribution in [-0.2, 0) is 14.2 Å². The van der Waals surface area contributed by atoms with E-state index in [1.54, 1.807) is 0 Å². The molecule has 4 nitrogen and oxygen atoms in total. The molecule has 1 spiro atoms. The van der Waals surface area contributed by atoms with Gasteiger partial charge in [0.05, 0.1) is 18.8 Å². The highest BCUT2D eigenvalue weighted by Gasteiger charge is 2.54. The maximum Gasteiger partial charge on any atom is 0.195 e. The van der Waals surface area contributed by atoms with Gasteiger partial charge in [-0.2, -0.15) is 0 Å². The molecule has 0 aromatic heterocycles. The first-order chi connectivity index (χ1) is 6.82. The van der Waals surface area contributed by atoms with Gasteiger partial charge in [0.1, 0.15) is 6.10 Å². The van der Waals surface area contributed by atoms with Gasteiger partial charge in [-0.25, -0.2) is 0 Å². The smallest absolute Gasteiger partial charge is 0.195 e. The van der Waals surface area contributed by atoms with E-state index in [2.05, 4.69) is 0 Å². The van der Waals surface area contributed by atoms with Gasteiger partial charge in [0, 0.05) is 13.0 Å². The molecule has 3 aliphatic heterocycles. The van der Waals surface area contributed by atoms with Gasteiger partial charge in [-0.1, -0.05) is 0 Å². The van der Waals surface area contributed by atoms with E-state index >= 15 is 0 Å². The largest absolute Gasteiger partial charge is 0.369 e. The second-order valence-corrected chi connectivity index (χ2v) is 4.46. The molecule has 2 bridgehead atoms.